The van der Waals surface area contributed by atoms with E-state index in [-0.39, 0.29) is 0 Å². The molecular formula is C14H14Cl2N2. The van der Waals surface area contributed by atoms with E-state index in [1.807, 2.05) is 25.1 Å². The normalized spacial score (nSPS) is 11.0. The number of hydrogen-bond acceptors (Lipinski definition) is 2. The first-order valence-electron chi connectivity index (χ1n) is 5.78. The molecule has 0 saturated heterocycles. The first-order valence-corrected chi connectivity index (χ1v) is 6.54. The van der Waals surface area contributed by atoms with Gasteiger partial charge >= 0.3 is 0 Å². The van der Waals surface area contributed by atoms with Crippen molar-refractivity contribution in [3.05, 3.63) is 45.7 Å². The third kappa shape index (κ3) is 2.82. The molecule has 0 saturated carbocycles. The number of rotatable bonds is 2. The zero-order valence-corrected chi connectivity index (χ0v) is 12.0. The topological polar surface area (TPSA) is 25.8 Å². The van der Waals surface area contributed by atoms with Gasteiger partial charge in [-0.25, -0.2) is 9.97 Å². The molecule has 1 aromatic carbocycles. The molecule has 1 aromatic heterocycles. The van der Waals surface area contributed by atoms with Gasteiger partial charge in [-0.05, 0) is 30.5 Å². The molecule has 0 aliphatic heterocycles. The fraction of sp³-hybridized carbons (Fsp3) is 0.286. The number of hydrogen-bond donors (Lipinski definition) is 0. The average Bonchev–Trinajstić information content (AvgIpc) is 2.31. The van der Waals surface area contributed by atoms with Crippen LogP contribution in [0.2, 0.25) is 10.2 Å². The van der Waals surface area contributed by atoms with Crippen LogP contribution in [0.25, 0.3) is 11.4 Å². The van der Waals surface area contributed by atoms with Crippen LogP contribution in [-0.2, 0) is 0 Å². The Labute approximate surface area is 117 Å². The van der Waals surface area contributed by atoms with Gasteiger partial charge in [0.05, 0.1) is 0 Å². The smallest absolute Gasteiger partial charge is 0.161 e. The molecule has 0 bridgehead atoms. The van der Waals surface area contributed by atoms with Crippen LogP contribution in [-0.4, -0.2) is 9.97 Å². The van der Waals surface area contributed by atoms with Crippen molar-refractivity contribution in [1.82, 2.24) is 9.97 Å². The minimum absolute atomic E-state index is 0.310. The van der Waals surface area contributed by atoms with Gasteiger partial charge in [0.25, 0.3) is 0 Å². The van der Waals surface area contributed by atoms with E-state index in [2.05, 4.69) is 23.8 Å². The second kappa shape index (κ2) is 5.25. The number of nitrogens with zero attached hydrogens (tertiary/aromatic N) is 2. The third-order valence-corrected chi connectivity index (χ3v) is 3.34. The molecule has 0 radical (unpaired) electrons. The van der Waals surface area contributed by atoms with Gasteiger partial charge in [0.2, 0.25) is 0 Å². The lowest BCUT2D eigenvalue weighted by molar-refractivity contribution is 0.817. The molecular weight excluding hydrogens is 267 g/mol. The molecule has 94 valence electrons. The maximum Gasteiger partial charge on any atom is 0.161 e. The summed E-state index contributed by atoms with van der Waals surface area (Å²) in [5, 5.41) is 1.17. The van der Waals surface area contributed by atoms with Crippen LogP contribution in [0, 0.1) is 6.92 Å². The SMILES string of the molecule is Cc1ccc(-c2nc(Cl)cc(C(C)C)n2)cc1Cl. The molecule has 0 aliphatic carbocycles. The highest BCUT2D eigenvalue weighted by molar-refractivity contribution is 6.31. The van der Waals surface area contributed by atoms with Crippen LogP contribution in [0.4, 0.5) is 0 Å². The Morgan fingerprint density at radius 2 is 1.78 bits per heavy atom. The fourth-order valence-corrected chi connectivity index (χ4v) is 1.96. The van der Waals surface area contributed by atoms with Crippen LogP contribution in [0.5, 0.6) is 0 Å². The van der Waals surface area contributed by atoms with Crippen molar-refractivity contribution >= 4 is 23.2 Å². The summed E-state index contributed by atoms with van der Waals surface area (Å²) < 4.78 is 0. The Bertz CT molecular complexity index is 580. The van der Waals surface area contributed by atoms with E-state index in [9.17, 15) is 0 Å². The Morgan fingerprint density at radius 1 is 1.06 bits per heavy atom. The van der Waals surface area contributed by atoms with Crippen LogP contribution in [0.3, 0.4) is 0 Å². The molecule has 0 N–H and O–H groups in total. The van der Waals surface area contributed by atoms with Crippen molar-refractivity contribution in [3.8, 4) is 11.4 Å². The molecule has 0 aliphatic rings. The molecule has 0 unspecified atom stereocenters. The predicted octanol–water partition coefficient (Wildman–Crippen LogP) is 4.88. The molecule has 0 amide bonds. The van der Waals surface area contributed by atoms with Crippen molar-refractivity contribution in [2.45, 2.75) is 26.7 Å². The van der Waals surface area contributed by atoms with Crippen LogP contribution < -0.4 is 0 Å². The predicted molar refractivity (Wildman–Crippen MR) is 76.3 cm³/mol. The molecule has 0 fully saturated rings. The Hall–Kier alpha value is -1.12. The van der Waals surface area contributed by atoms with E-state index in [1.54, 1.807) is 6.07 Å². The fourth-order valence-electron chi connectivity index (χ4n) is 1.59. The van der Waals surface area contributed by atoms with Crippen molar-refractivity contribution in [2.75, 3.05) is 0 Å². The second-order valence-corrected chi connectivity index (χ2v) is 5.35. The summed E-state index contributed by atoms with van der Waals surface area (Å²) in [5.41, 5.74) is 2.85. The van der Waals surface area contributed by atoms with E-state index in [0.717, 1.165) is 16.8 Å². The lowest BCUT2D eigenvalue weighted by atomic mass is 10.1. The second-order valence-electron chi connectivity index (χ2n) is 4.56. The number of aryl methyl sites for hydroxylation is 1. The summed E-state index contributed by atoms with van der Waals surface area (Å²) in [7, 11) is 0. The third-order valence-electron chi connectivity index (χ3n) is 2.74. The quantitative estimate of drug-likeness (QED) is 0.733. The summed E-state index contributed by atoms with van der Waals surface area (Å²) in [6.45, 7) is 6.11. The minimum Gasteiger partial charge on any atom is -0.233 e. The van der Waals surface area contributed by atoms with Gasteiger partial charge in [0, 0.05) is 16.3 Å². The van der Waals surface area contributed by atoms with Crippen LogP contribution in [0.15, 0.2) is 24.3 Å². The number of halogens is 2. The van der Waals surface area contributed by atoms with E-state index in [0.29, 0.717) is 21.9 Å². The van der Waals surface area contributed by atoms with Crippen molar-refractivity contribution in [1.29, 1.82) is 0 Å². The lowest BCUT2D eigenvalue weighted by Crippen LogP contribution is -1.98. The van der Waals surface area contributed by atoms with Gasteiger partial charge in [-0.2, -0.15) is 0 Å². The number of benzene rings is 1. The minimum atomic E-state index is 0.310. The van der Waals surface area contributed by atoms with Crippen molar-refractivity contribution in [2.24, 2.45) is 0 Å². The van der Waals surface area contributed by atoms with Crippen molar-refractivity contribution in [3.63, 3.8) is 0 Å². The summed E-state index contributed by atoms with van der Waals surface area (Å²) in [4.78, 5) is 8.77. The highest BCUT2D eigenvalue weighted by Gasteiger charge is 2.09. The largest absolute Gasteiger partial charge is 0.233 e. The van der Waals surface area contributed by atoms with Gasteiger partial charge in [-0.3, -0.25) is 0 Å². The summed E-state index contributed by atoms with van der Waals surface area (Å²) in [6.07, 6.45) is 0. The van der Waals surface area contributed by atoms with E-state index < -0.39 is 0 Å². The van der Waals surface area contributed by atoms with Gasteiger partial charge < -0.3 is 0 Å². The number of aromatic nitrogens is 2. The summed E-state index contributed by atoms with van der Waals surface area (Å²) in [6, 6.07) is 7.58. The zero-order valence-electron chi connectivity index (χ0n) is 10.5. The van der Waals surface area contributed by atoms with E-state index in [1.165, 1.54) is 0 Å². The Morgan fingerprint density at radius 3 is 2.39 bits per heavy atom. The highest BCUT2D eigenvalue weighted by atomic mass is 35.5. The molecule has 1 heterocycles. The van der Waals surface area contributed by atoms with Gasteiger partial charge in [0.1, 0.15) is 5.15 Å². The zero-order chi connectivity index (χ0) is 13.3. The van der Waals surface area contributed by atoms with Crippen molar-refractivity contribution < 1.29 is 0 Å². The standard InChI is InChI=1S/C14H14Cl2N2/c1-8(2)12-7-13(16)18-14(17-12)10-5-4-9(3)11(15)6-10/h4-8H,1-3H3. The highest BCUT2D eigenvalue weighted by Crippen LogP contribution is 2.25. The van der Waals surface area contributed by atoms with Gasteiger partial charge in [-0.15, -0.1) is 0 Å². The van der Waals surface area contributed by atoms with E-state index in [4.69, 9.17) is 23.2 Å². The summed E-state index contributed by atoms with van der Waals surface area (Å²) >= 11 is 12.1. The Balaban J connectivity index is 2.53. The Kier molecular flexibility index (Phi) is 3.88. The molecule has 2 aromatic rings. The lowest BCUT2D eigenvalue weighted by Gasteiger charge is -2.08. The molecule has 18 heavy (non-hydrogen) atoms. The van der Waals surface area contributed by atoms with Gasteiger partial charge in [-0.1, -0.05) is 49.2 Å². The molecule has 4 heteroatoms. The molecule has 2 rings (SSSR count). The maximum absolute atomic E-state index is 6.12. The van der Waals surface area contributed by atoms with E-state index >= 15 is 0 Å². The maximum atomic E-state index is 6.12. The van der Waals surface area contributed by atoms with Crippen LogP contribution >= 0.6 is 23.2 Å². The molecule has 2 nitrogen and oxygen atoms in total. The first-order chi connectivity index (χ1) is 8.47. The van der Waals surface area contributed by atoms with Gasteiger partial charge in [0.15, 0.2) is 5.82 Å². The van der Waals surface area contributed by atoms with Crippen LogP contribution in [0.1, 0.15) is 31.0 Å². The average molecular weight is 281 g/mol. The monoisotopic (exact) mass is 280 g/mol. The molecule has 0 spiro atoms. The molecule has 0 atom stereocenters. The summed E-state index contributed by atoms with van der Waals surface area (Å²) in [5.74, 6) is 0.929. The first kappa shape index (κ1) is 13.3.